The van der Waals surface area contributed by atoms with Crippen LogP contribution in [0, 0.1) is 5.82 Å². The van der Waals surface area contributed by atoms with Gasteiger partial charge in [0.05, 0.1) is 18.9 Å². The zero-order chi connectivity index (χ0) is 29.0. The molecule has 3 heterocycles. The Balaban J connectivity index is 1.28. The summed E-state index contributed by atoms with van der Waals surface area (Å²) in [5.74, 6) is -1.36. The Kier molecular flexibility index (Phi) is 8.54. The molecule has 2 amide bonds. The van der Waals surface area contributed by atoms with Gasteiger partial charge < -0.3 is 20.5 Å². The van der Waals surface area contributed by atoms with Crippen molar-refractivity contribution in [2.45, 2.75) is 10.6 Å². The number of hydrogen-bond acceptors (Lipinski definition) is 9. The Morgan fingerprint density at radius 1 is 1.07 bits per heavy atom. The number of sulfonamides is 1. The molecule has 216 valence electrons. The molecule has 1 saturated heterocycles. The number of fused-ring (bicyclic) bond motifs is 1. The van der Waals surface area contributed by atoms with E-state index in [0.29, 0.717) is 10.8 Å². The van der Waals surface area contributed by atoms with Crippen molar-refractivity contribution in [3.8, 4) is 11.6 Å². The van der Waals surface area contributed by atoms with Crippen molar-refractivity contribution in [3.63, 3.8) is 0 Å². The number of benzene rings is 2. The molecule has 4 aromatic rings. The number of halogens is 1. The summed E-state index contributed by atoms with van der Waals surface area (Å²) in [6.07, 6.45) is 0.932. The molecule has 0 spiro atoms. The molecular formula is C27H28FN5O6S2. The zero-order valence-electron chi connectivity index (χ0n) is 21.8. The summed E-state index contributed by atoms with van der Waals surface area (Å²) in [6.45, 7) is 5.05. The number of ether oxygens (including phenoxy) is 1. The molecule has 41 heavy (non-hydrogen) atoms. The molecule has 1 aliphatic rings. The summed E-state index contributed by atoms with van der Waals surface area (Å²) in [6, 6.07) is 11.7. The quantitative estimate of drug-likeness (QED) is 0.214. The number of pyridine rings is 1. The maximum absolute atomic E-state index is 15.1. The van der Waals surface area contributed by atoms with E-state index in [-0.39, 0.29) is 15.6 Å². The van der Waals surface area contributed by atoms with Gasteiger partial charge in [-0.25, -0.2) is 26.9 Å². The number of carbonyl (C=O) groups excluding carboxylic acids is 1. The number of carbonyl (C=O) groups is 1. The predicted molar refractivity (Wildman–Crippen MR) is 155 cm³/mol. The minimum absolute atomic E-state index is 0.0491. The summed E-state index contributed by atoms with van der Waals surface area (Å²) < 4.78 is 47.5. The zero-order valence-corrected chi connectivity index (χ0v) is 23.4. The number of aromatic hydroxyl groups is 1. The summed E-state index contributed by atoms with van der Waals surface area (Å²) >= 11 is 0.938. The molecule has 14 heteroatoms. The highest BCUT2D eigenvalue weighted by Gasteiger charge is 2.20. The fraction of sp³-hybridized carbons (Fsp3) is 0.259. The van der Waals surface area contributed by atoms with Crippen LogP contribution in [0.5, 0.6) is 5.88 Å². The second-order valence-electron chi connectivity index (χ2n) is 9.34. The first-order valence-electron chi connectivity index (χ1n) is 12.8. The molecular weight excluding hydrogens is 573 g/mol. The van der Waals surface area contributed by atoms with E-state index in [1.807, 2.05) is 4.72 Å². The minimum atomic E-state index is -4.07. The van der Waals surface area contributed by atoms with Crippen molar-refractivity contribution in [1.29, 1.82) is 0 Å². The Hall–Kier alpha value is -3.98. The van der Waals surface area contributed by atoms with Crippen LogP contribution in [0.2, 0.25) is 0 Å². The van der Waals surface area contributed by atoms with E-state index in [0.717, 1.165) is 73.5 Å². The molecule has 1 aliphatic heterocycles. The van der Waals surface area contributed by atoms with E-state index >= 15 is 4.39 Å². The number of amides is 2. The van der Waals surface area contributed by atoms with Crippen LogP contribution in [0.25, 0.3) is 16.5 Å². The molecule has 0 bridgehead atoms. The van der Waals surface area contributed by atoms with E-state index in [1.54, 1.807) is 23.6 Å². The van der Waals surface area contributed by atoms with E-state index in [1.165, 1.54) is 30.3 Å². The lowest BCUT2D eigenvalue weighted by Gasteiger charge is -2.26. The largest absolute Gasteiger partial charge is 0.494 e. The number of aromatic nitrogens is 1. The van der Waals surface area contributed by atoms with Gasteiger partial charge in [-0.2, -0.15) is 0 Å². The standard InChI is InChI=1S/C27H28FN5O6S2/c28-22-17-20(30-27(36)31-41(37,38)25-3-1-14-40-25)5-7-23(22)33-24(34)16-18-15-19(4-6-21(18)26(33)35)29-8-2-9-32-10-12-39-13-11-32/h1,3-7,14-17,29,35H,2,8-13H2,(H2,30,31,36). The van der Waals surface area contributed by atoms with Gasteiger partial charge in [-0.15, -0.1) is 11.3 Å². The monoisotopic (exact) mass is 601 g/mol. The molecule has 4 N–H and O–H groups in total. The van der Waals surface area contributed by atoms with Crippen molar-refractivity contribution in [1.82, 2.24) is 14.2 Å². The van der Waals surface area contributed by atoms with Gasteiger partial charge in [0.1, 0.15) is 10.0 Å². The van der Waals surface area contributed by atoms with E-state index in [4.69, 9.17) is 4.74 Å². The van der Waals surface area contributed by atoms with Gasteiger partial charge in [-0.05, 0) is 66.2 Å². The van der Waals surface area contributed by atoms with E-state index in [2.05, 4.69) is 15.5 Å². The van der Waals surface area contributed by atoms with Crippen LogP contribution in [0.15, 0.2) is 69.0 Å². The fourth-order valence-corrected chi connectivity index (χ4v) is 6.42. The highest BCUT2D eigenvalue weighted by atomic mass is 32.2. The topological polar surface area (TPSA) is 142 Å². The summed E-state index contributed by atoms with van der Waals surface area (Å²) in [4.78, 5) is 27.5. The number of nitrogens with zero attached hydrogens (tertiary/aromatic N) is 2. The van der Waals surface area contributed by atoms with Crippen LogP contribution in [-0.4, -0.2) is 68.4 Å². The second-order valence-corrected chi connectivity index (χ2v) is 12.2. The first-order valence-corrected chi connectivity index (χ1v) is 15.2. The van der Waals surface area contributed by atoms with Crippen LogP contribution < -0.4 is 20.9 Å². The van der Waals surface area contributed by atoms with Gasteiger partial charge in [0.15, 0.2) is 0 Å². The van der Waals surface area contributed by atoms with E-state index in [9.17, 15) is 23.1 Å². The summed E-state index contributed by atoms with van der Waals surface area (Å²) in [5, 5.41) is 18.9. The number of thiophene rings is 1. The maximum atomic E-state index is 15.1. The molecule has 0 atom stereocenters. The molecule has 5 rings (SSSR count). The smallest absolute Gasteiger partial charge is 0.333 e. The Morgan fingerprint density at radius 3 is 2.59 bits per heavy atom. The van der Waals surface area contributed by atoms with Crippen LogP contribution in [0.1, 0.15) is 6.42 Å². The van der Waals surface area contributed by atoms with Gasteiger partial charge in [0.25, 0.3) is 15.6 Å². The second kappa shape index (κ2) is 12.3. The van der Waals surface area contributed by atoms with Crippen LogP contribution in [0.3, 0.4) is 0 Å². The Bertz CT molecular complexity index is 1720. The van der Waals surface area contributed by atoms with Gasteiger partial charge in [0, 0.05) is 42.5 Å². The Morgan fingerprint density at radius 2 is 1.85 bits per heavy atom. The predicted octanol–water partition coefficient (Wildman–Crippen LogP) is 3.54. The highest BCUT2D eigenvalue weighted by Crippen LogP contribution is 2.29. The number of hydrogen-bond donors (Lipinski definition) is 4. The van der Waals surface area contributed by atoms with Crippen LogP contribution >= 0.6 is 11.3 Å². The molecule has 11 nitrogen and oxygen atoms in total. The molecule has 0 aliphatic carbocycles. The normalized spacial score (nSPS) is 14.2. The number of rotatable bonds is 9. The van der Waals surface area contributed by atoms with E-state index < -0.39 is 33.3 Å². The molecule has 1 fully saturated rings. The van der Waals surface area contributed by atoms with Crippen molar-refractivity contribution >= 4 is 49.5 Å². The van der Waals surface area contributed by atoms with Crippen LogP contribution in [0.4, 0.5) is 20.6 Å². The number of urea groups is 1. The van der Waals surface area contributed by atoms with Gasteiger partial charge in [-0.1, -0.05) is 6.07 Å². The average molecular weight is 602 g/mol. The molecule has 0 unspecified atom stereocenters. The van der Waals surface area contributed by atoms with Crippen molar-refractivity contribution in [2.24, 2.45) is 0 Å². The number of nitrogens with one attached hydrogen (secondary N) is 3. The lowest BCUT2D eigenvalue weighted by Crippen LogP contribution is -2.37. The fourth-order valence-electron chi connectivity index (χ4n) is 4.52. The van der Waals surface area contributed by atoms with Crippen molar-refractivity contribution in [2.75, 3.05) is 50.0 Å². The first kappa shape index (κ1) is 28.5. The van der Waals surface area contributed by atoms with Crippen LogP contribution in [-0.2, 0) is 14.8 Å². The average Bonchev–Trinajstić information content (AvgIpc) is 3.49. The molecule has 2 aromatic carbocycles. The summed E-state index contributed by atoms with van der Waals surface area (Å²) in [7, 11) is -4.07. The molecule has 0 radical (unpaired) electrons. The lowest BCUT2D eigenvalue weighted by molar-refractivity contribution is 0.0378. The van der Waals surface area contributed by atoms with Gasteiger partial charge in [-0.3, -0.25) is 9.69 Å². The van der Waals surface area contributed by atoms with Gasteiger partial charge >= 0.3 is 6.03 Å². The van der Waals surface area contributed by atoms with Crippen molar-refractivity contribution < 1.29 is 27.4 Å². The molecule has 0 saturated carbocycles. The highest BCUT2D eigenvalue weighted by molar-refractivity contribution is 7.92. The maximum Gasteiger partial charge on any atom is 0.333 e. The third-order valence-electron chi connectivity index (χ3n) is 6.52. The lowest BCUT2D eigenvalue weighted by atomic mass is 10.1. The van der Waals surface area contributed by atoms with Crippen molar-refractivity contribution in [3.05, 3.63) is 76.1 Å². The SMILES string of the molecule is O=C(Nc1ccc(-n2c(O)c3ccc(NCCCN4CCOCC4)cc3cc2=O)c(F)c1)NS(=O)(=O)c1cccs1. The molecule has 2 aromatic heterocycles. The minimum Gasteiger partial charge on any atom is -0.494 e. The number of anilines is 2. The number of morpholine rings is 1. The van der Waals surface area contributed by atoms with Gasteiger partial charge in [0.2, 0.25) is 5.88 Å². The third-order valence-corrected chi connectivity index (χ3v) is 9.25. The summed E-state index contributed by atoms with van der Waals surface area (Å²) in [5.41, 5.74) is -0.157. The first-order chi connectivity index (χ1) is 19.7. The third kappa shape index (κ3) is 6.68. The Labute approximate surface area is 239 Å².